The Balaban J connectivity index is 1.36. The van der Waals surface area contributed by atoms with Crippen LogP contribution in [0.1, 0.15) is 41.3 Å². The second-order valence-corrected chi connectivity index (χ2v) is 7.75. The second-order valence-electron chi connectivity index (χ2n) is 7.75. The van der Waals surface area contributed by atoms with Crippen molar-refractivity contribution in [2.24, 2.45) is 0 Å². The minimum Gasteiger partial charge on any atom is -0.371 e. The predicted octanol–water partition coefficient (Wildman–Crippen LogP) is -0.0859. The topological polar surface area (TPSA) is 99.8 Å². The molecule has 8 heteroatoms. The smallest absolute Gasteiger partial charge is 0.255 e. The van der Waals surface area contributed by atoms with Crippen LogP contribution >= 0.6 is 0 Å². The van der Waals surface area contributed by atoms with Gasteiger partial charge in [0.15, 0.2) is 0 Å². The monoisotopic (exact) mass is 386 g/mol. The van der Waals surface area contributed by atoms with E-state index in [0.717, 1.165) is 30.8 Å². The molecule has 3 aliphatic heterocycles. The van der Waals surface area contributed by atoms with E-state index in [2.05, 4.69) is 22.9 Å². The third-order valence-electron chi connectivity index (χ3n) is 5.52. The molecule has 2 fully saturated rings. The lowest BCUT2D eigenvalue weighted by Gasteiger charge is -2.29. The molecule has 3 N–H and O–H groups in total. The third kappa shape index (κ3) is 3.94. The number of hydrogen-bond acceptors (Lipinski definition) is 6. The van der Waals surface area contributed by atoms with Crippen molar-refractivity contribution >= 4 is 17.7 Å². The number of carbonyl (C=O) groups excluding carboxylic acids is 3. The SMILES string of the molecule is CC1CNCC(CNCc2ccc3c(c2)C(=O)N(C2CCC(=O)NC2=O)C3)O1. The van der Waals surface area contributed by atoms with E-state index in [1.807, 2.05) is 18.2 Å². The first-order valence-corrected chi connectivity index (χ1v) is 9.84. The minimum atomic E-state index is -0.572. The van der Waals surface area contributed by atoms with Crippen LogP contribution in [0.15, 0.2) is 18.2 Å². The number of piperidine rings is 1. The molecule has 3 aliphatic rings. The number of nitrogens with one attached hydrogen (secondary N) is 3. The van der Waals surface area contributed by atoms with Crippen molar-refractivity contribution in [3.05, 3.63) is 34.9 Å². The van der Waals surface area contributed by atoms with Gasteiger partial charge in [0.2, 0.25) is 11.8 Å². The van der Waals surface area contributed by atoms with Crippen molar-refractivity contribution in [1.82, 2.24) is 20.9 Å². The molecule has 2 saturated heterocycles. The molecule has 8 nitrogen and oxygen atoms in total. The Kier molecular flexibility index (Phi) is 5.43. The number of morpholine rings is 1. The van der Waals surface area contributed by atoms with Gasteiger partial charge in [-0.2, -0.15) is 0 Å². The van der Waals surface area contributed by atoms with Gasteiger partial charge in [-0.25, -0.2) is 0 Å². The lowest BCUT2D eigenvalue weighted by molar-refractivity contribution is -0.136. The highest BCUT2D eigenvalue weighted by molar-refractivity contribution is 6.05. The third-order valence-corrected chi connectivity index (χ3v) is 5.52. The Morgan fingerprint density at radius 2 is 2.11 bits per heavy atom. The summed E-state index contributed by atoms with van der Waals surface area (Å²) in [7, 11) is 0. The number of amides is 3. The molecule has 3 atom stereocenters. The van der Waals surface area contributed by atoms with Gasteiger partial charge in [-0.15, -0.1) is 0 Å². The zero-order valence-corrected chi connectivity index (χ0v) is 16.0. The van der Waals surface area contributed by atoms with Gasteiger partial charge < -0.3 is 20.3 Å². The summed E-state index contributed by atoms with van der Waals surface area (Å²) in [5, 5.41) is 9.07. The highest BCUT2D eigenvalue weighted by Gasteiger charge is 2.39. The van der Waals surface area contributed by atoms with Crippen LogP contribution in [-0.2, 0) is 27.4 Å². The van der Waals surface area contributed by atoms with E-state index in [1.165, 1.54) is 0 Å². The maximum absolute atomic E-state index is 12.8. The predicted molar refractivity (Wildman–Crippen MR) is 101 cm³/mol. The van der Waals surface area contributed by atoms with Gasteiger partial charge in [0.1, 0.15) is 6.04 Å². The molecule has 150 valence electrons. The lowest BCUT2D eigenvalue weighted by atomic mass is 10.0. The van der Waals surface area contributed by atoms with E-state index in [9.17, 15) is 14.4 Å². The standard InChI is InChI=1S/C20H26N4O4/c1-12-7-21-9-15(28-12)10-22-8-13-2-3-14-11-24(20(27)16(14)6-13)17-4-5-18(25)23-19(17)26/h2-3,6,12,15,17,21-22H,4-5,7-11H2,1H3,(H,23,25,26). The van der Waals surface area contributed by atoms with Gasteiger partial charge in [0.05, 0.1) is 12.2 Å². The van der Waals surface area contributed by atoms with Crippen molar-refractivity contribution in [2.75, 3.05) is 19.6 Å². The highest BCUT2D eigenvalue weighted by atomic mass is 16.5. The fraction of sp³-hybridized carbons (Fsp3) is 0.550. The Morgan fingerprint density at radius 3 is 2.89 bits per heavy atom. The molecule has 3 amide bonds. The Labute approximate surface area is 164 Å². The number of imide groups is 1. The van der Waals surface area contributed by atoms with Gasteiger partial charge in [0.25, 0.3) is 5.91 Å². The largest absolute Gasteiger partial charge is 0.371 e. The van der Waals surface area contributed by atoms with Crippen LogP contribution in [0.5, 0.6) is 0 Å². The average molecular weight is 386 g/mol. The van der Waals surface area contributed by atoms with Crippen molar-refractivity contribution in [1.29, 1.82) is 0 Å². The van der Waals surface area contributed by atoms with Crippen molar-refractivity contribution in [3.63, 3.8) is 0 Å². The zero-order chi connectivity index (χ0) is 19.7. The molecule has 0 saturated carbocycles. The Bertz CT molecular complexity index is 796. The summed E-state index contributed by atoms with van der Waals surface area (Å²) in [6, 6.07) is 5.29. The molecule has 3 heterocycles. The van der Waals surface area contributed by atoms with E-state index in [0.29, 0.717) is 25.1 Å². The van der Waals surface area contributed by atoms with Gasteiger partial charge in [-0.1, -0.05) is 12.1 Å². The first kappa shape index (κ1) is 19.0. The van der Waals surface area contributed by atoms with E-state index in [1.54, 1.807) is 4.90 Å². The van der Waals surface area contributed by atoms with Gasteiger partial charge >= 0.3 is 0 Å². The summed E-state index contributed by atoms with van der Waals surface area (Å²) in [5.41, 5.74) is 2.59. The second kappa shape index (κ2) is 7.98. The van der Waals surface area contributed by atoms with Crippen molar-refractivity contribution in [3.8, 4) is 0 Å². The molecule has 1 aromatic rings. The molecule has 1 aromatic carbocycles. The number of nitrogens with zero attached hydrogens (tertiary/aromatic N) is 1. The maximum atomic E-state index is 12.8. The fourth-order valence-corrected chi connectivity index (χ4v) is 4.08. The average Bonchev–Trinajstić information content (AvgIpc) is 2.98. The fourth-order valence-electron chi connectivity index (χ4n) is 4.08. The number of rotatable bonds is 5. The number of ether oxygens (including phenoxy) is 1. The molecule has 4 rings (SSSR count). The molecular formula is C20H26N4O4. The van der Waals surface area contributed by atoms with Crippen LogP contribution in [0.2, 0.25) is 0 Å². The normalized spacial score (nSPS) is 27.7. The van der Waals surface area contributed by atoms with E-state index < -0.39 is 6.04 Å². The van der Waals surface area contributed by atoms with Crippen LogP contribution in [0, 0.1) is 0 Å². The maximum Gasteiger partial charge on any atom is 0.255 e. The first-order chi connectivity index (χ1) is 13.5. The van der Waals surface area contributed by atoms with Crippen LogP contribution in [0.25, 0.3) is 0 Å². The Hall–Kier alpha value is -2.29. The quantitative estimate of drug-likeness (QED) is 0.612. The summed E-state index contributed by atoms with van der Waals surface area (Å²) in [6.07, 6.45) is 1.01. The molecule has 0 spiro atoms. The summed E-state index contributed by atoms with van der Waals surface area (Å²) in [6.45, 7) is 5.57. The van der Waals surface area contributed by atoms with E-state index in [-0.39, 0.29) is 36.4 Å². The van der Waals surface area contributed by atoms with E-state index in [4.69, 9.17) is 4.74 Å². The van der Waals surface area contributed by atoms with Crippen LogP contribution in [0.3, 0.4) is 0 Å². The number of benzene rings is 1. The van der Waals surface area contributed by atoms with Crippen molar-refractivity contribution < 1.29 is 19.1 Å². The van der Waals surface area contributed by atoms with Gasteiger partial charge in [-0.3, -0.25) is 19.7 Å². The van der Waals surface area contributed by atoms with Crippen molar-refractivity contribution in [2.45, 2.75) is 51.1 Å². The molecule has 0 aliphatic carbocycles. The van der Waals surface area contributed by atoms with Crippen LogP contribution < -0.4 is 16.0 Å². The zero-order valence-electron chi connectivity index (χ0n) is 16.0. The molecule has 0 radical (unpaired) electrons. The van der Waals surface area contributed by atoms with E-state index >= 15 is 0 Å². The first-order valence-electron chi connectivity index (χ1n) is 9.84. The van der Waals surface area contributed by atoms with Crippen LogP contribution in [-0.4, -0.2) is 60.5 Å². The summed E-state index contributed by atoms with van der Waals surface area (Å²) in [5.74, 6) is -0.792. The number of hydrogen-bond donors (Lipinski definition) is 3. The highest BCUT2D eigenvalue weighted by Crippen LogP contribution is 2.28. The summed E-state index contributed by atoms with van der Waals surface area (Å²) < 4.78 is 5.87. The molecule has 0 aromatic heterocycles. The van der Waals surface area contributed by atoms with Gasteiger partial charge in [0, 0.05) is 44.7 Å². The molecule has 0 bridgehead atoms. The lowest BCUT2D eigenvalue weighted by Crippen LogP contribution is -2.52. The summed E-state index contributed by atoms with van der Waals surface area (Å²) >= 11 is 0. The number of carbonyl (C=O) groups is 3. The molecular weight excluding hydrogens is 360 g/mol. The molecule has 28 heavy (non-hydrogen) atoms. The number of fused-ring (bicyclic) bond motifs is 1. The summed E-state index contributed by atoms with van der Waals surface area (Å²) in [4.78, 5) is 37.9. The minimum absolute atomic E-state index is 0.139. The molecule has 3 unspecified atom stereocenters. The van der Waals surface area contributed by atoms with Gasteiger partial charge in [-0.05, 0) is 30.5 Å². The van der Waals surface area contributed by atoms with Crippen LogP contribution in [0.4, 0.5) is 0 Å². The Morgan fingerprint density at radius 1 is 1.25 bits per heavy atom.